The zero-order valence-electron chi connectivity index (χ0n) is 20.6. The van der Waals surface area contributed by atoms with Gasteiger partial charge in [-0.2, -0.15) is 5.01 Å². The molecule has 8 nitrogen and oxygen atoms in total. The number of ether oxygens (including phenoxy) is 1. The van der Waals surface area contributed by atoms with Gasteiger partial charge >= 0.3 is 5.97 Å². The first-order chi connectivity index (χ1) is 17.4. The van der Waals surface area contributed by atoms with Crippen LogP contribution in [0, 0.1) is 5.92 Å². The standard InChI is InChI=1S/C27H34ClN5O3/c1-32-27(19-3-2-4-21(28)16-19)30-26(31-32)20-7-10-24(29-17-20)33-13-11-23(12-14-33)36-22-8-5-18(6-9-22)15-25(34)35/h2-4,7,10,16-18,22-23,27H,5-6,8-9,11-15H2,1H3,(H,30,31)(H,34,35). The van der Waals surface area contributed by atoms with Crippen molar-refractivity contribution in [2.45, 2.75) is 63.3 Å². The molecule has 1 atom stereocenters. The van der Waals surface area contributed by atoms with Crippen molar-refractivity contribution in [3.63, 3.8) is 0 Å². The zero-order valence-corrected chi connectivity index (χ0v) is 21.4. The maximum Gasteiger partial charge on any atom is 0.303 e. The largest absolute Gasteiger partial charge is 0.481 e. The van der Waals surface area contributed by atoms with Crippen LogP contribution in [0.1, 0.15) is 62.2 Å². The molecule has 2 aliphatic heterocycles. The number of rotatable bonds is 7. The second-order valence-electron chi connectivity index (χ2n) is 10.1. The molecule has 0 bridgehead atoms. The number of halogens is 1. The normalized spacial score (nSPS) is 25.4. The number of carboxylic acids is 1. The van der Waals surface area contributed by atoms with E-state index in [0.717, 1.165) is 74.4 Å². The molecule has 0 spiro atoms. The molecule has 1 aromatic heterocycles. The van der Waals surface area contributed by atoms with Crippen molar-refractivity contribution in [3.8, 4) is 0 Å². The van der Waals surface area contributed by atoms with Crippen LogP contribution in [0.3, 0.4) is 0 Å². The molecule has 3 aliphatic rings. The van der Waals surface area contributed by atoms with Crippen LogP contribution in [-0.4, -0.2) is 59.2 Å². The van der Waals surface area contributed by atoms with Crippen LogP contribution in [0.2, 0.25) is 5.02 Å². The monoisotopic (exact) mass is 511 g/mol. The molecule has 2 aromatic rings. The predicted molar refractivity (Wildman–Crippen MR) is 140 cm³/mol. The van der Waals surface area contributed by atoms with Crippen LogP contribution in [0.4, 0.5) is 5.82 Å². The number of nitrogens with zero attached hydrogens (tertiary/aromatic N) is 4. The Balaban J connectivity index is 1.12. The number of pyridine rings is 1. The van der Waals surface area contributed by atoms with Gasteiger partial charge in [0.2, 0.25) is 0 Å². The third-order valence-corrected chi connectivity index (χ3v) is 7.71. The molecule has 9 heteroatoms. The third-order valence-electron chi connectivity index (χ3n) is 7.48. The van der Waals surface area contributed by atoms with Crippen molar-refractivity contribution >= 4 is 29.2 Å². The van der Waals surface area contributed by atoms with Crippen molar-refractivity contribution in [1.29, 1.82) is 0 Å². The number of hydrogen-bond donors (Lipinski definition) is 2. The molecule has 1 unspecified atom stereocenters. The van der Waals surface area contributed by atoms with Gasteiger partial charge in [0.05, 0.1) is 12.2 Å². The van der Waals surface area contributed by atoms with Crippen LogP contribution in [-0.2, 0) is 9.53 Å². The Hall–Kier alpha value is -2.68. The summed E-state index contributed by atoms with van der Waals surface area (Å²) < 4.78 is 6.39. The number of nitrogens with one attached hydrogen (secondary N) is 1. The van der Waals surface area contributed by atoms with Crippen LogP contribution in [0.5, 0.6) is 0 Å². The van der Waals surface area contributed by atoms with Gasteiger partial charge in [-0.25, -0.2) is 9.98 Å². The van der Waals surface area contributed by atoms with Gasteiger partial charge in [0, 0.05) is 43.3 Å². The first-order valence-electron chi connectivity index (χ1n) is 12.9. The molecule has 1 aromatic carbocycles. The lowest BCUT2D eigenvalue weighted by Gasteiger charge is -2.36. The number of hydrogen-bond acceptors (Lipinski definition) is 7. The highest BCUT2D eigenvalue weighted by Gasteiger charge is 2.29. The summed E-state index contributed by atoms with van der Waals surface area (Å²) in [5.41, 5.74) is 5.32. The van der Waals surface area contributed by atoms with Gasteiger partial charge in [0.15, 0.2) is 0 Å². The molecule has 5 rings (SSSR count). The quantitative estimate of drug-likeness (QED) is 0.559. The number of benzene rings is 1. The Kier molecular flexibility index (Phi) is 7.74. The average molecular weight is 512 g/mol. The number of carboxylic acid groups (broad SMARTS) is 1. The fraction of sp³-hybridized carbons (Fsp3) is 0.519. The van der Waals surface area contributed by atoms with E-state index in [1.54, 1.807) is 0 Å². The summed E-state index contributed by atoms with van der Waals surface area (Å²) in [6.45, 7) is 1.84. The highest BCUT2D eigenvalue weighted by molar-refractivity contribution is 6.30. The van der Waals surface area contributed by atoms with Gasteiger partial charge in [0.25, 0.3) is 0 Å². The minimum Gasteiger partial charge on any atom is -0.481 e. The van der Waals surface area contributed by atoms with Crippen LogP contribution >= 0.6 is 11.6 Å². The molecule has 2 N–H and O–H groups in total. The summed E-state index contributed by atoms with van der Waals surface area (Å²) in [4.78, 5) is 22.8. The number of carbonyl (C=O) groups is 1. The lowest BCUT2D eigenvalue weighted by atomic mass is 9.85. The van der Waals surface area contributed by atoms with Crippen molar-refractivity contribution in [2.75, 3.05) is 25.0 Å². The summed E-state index contributed by atoms with van der Waals surface area (Å²) in [5, 5.41) is 11.7. The van der Waals surface area contributed by atoms with Crippen LogP contribution < -0.4 is 10.3 Å². The fourth-order valence-corrected chi connectivity index (χ4v) is 5.69. The van der Waals surface area contributed by atoms with E-state index in [2.05, 4.69) is 22.5 Å². The van der Waals surface area contributed by atoms with E-state index < -0.39 is 5.97 Å². The summed E-state index contributed by atoms with van der Waals surface area (Å²) >= 11 is 6.17. The van der Waals surface area contributed by atoms with Crippen molar-refractivity contribution in [3.05, 3.63) is 58.7 Å². The smallest absolute Gasteiger partial charge is 0.303 e. The van der Waals surface area contributed by atoms with E-state index in [-0.39, 0.29) is 18.4 Å². The minimum absolute atomic E-state index is 0.135. The Morgan fingerprint density at radius 1 is 1.11 bits per heavy atom. The van der Waals surface area contributed by atoms with Crippen molar-refractivity contribution < 1.29 is 14.6 Å². The van der Waals surface area contributed by atoms with E-state index in [0.29, 0.717) is 17.4 Å². The zero-order chi connectivity index (χ0) is 25.1. The molecule has 1 aliphatic carbocycles. The molecule has 192 valence electrons. The number of hydrazine groups is 1. The Labute approximate surface area is 217 Å². The SMILES string of the molecule is CN1NC(c2ccc(N3CCC(OC4CCC(CC(=O)O)CC4)CC3)nc2)=NC1c1cccc(Cl)c1. The van der Waals surface area contributed by atoms with Gasteiger partial charge < -0.3 is 20.2 Å². The third kappa shape index (κ3) is 5.99. The number of aliphatic carboxylic acids is 1. The van der Waals surface area contributed by atoms with Crippen LogP contribution in [0.15, 0.2) is 47.6 Å². The van der Waals surface area contributed by atoms with E-state index in [4.69, 9.17) is 31.4 Å². The topological polar surface area (TPSA) is 90.3 Å². The number of aliphatic imine (C=N–C) groups is 1. The fourth-order valence-electron chi connectivity index (χ4n) is 5.50. The van der Waals surface area contributed by atoms with Crippen LogP contribution in [0.25, 0.3) is 0 Å². The van der Waals surface area contributed by atoms with Gasteiger partial charge in [0.1, 0.15) is 17.8 Å². The summed E-state index contributed by atoms with van der Waals surface area (Å²) in [7, 11) is 1.97. The number of piperidine rings is 1. The maximum absolute atomic E-state index is 10.9. The van der Waals surface area contributed by atoms with E-state index in [9.17, 15) is 4.79 Å². The van der Waals surface area contributed by atoms with Crippen molar-refractivity contribution in [1.82, 2.24) is 15.4 Å². The Morgan fingerprint density at radius 2 is 1.86 bits per heavy atom. The molecule has 1 saturated carbocycles. The molecule has 3 heterocycles. The first kappa shape index (κ1) is 25.0. The highest BCUT2D eigenvalue weighted by Crippen LogP contribution is 2.31. The highest BCUT2D eigenvalue weighted by atomic mass is 35.5. The maximum atomic E-state index is 10.9. The lowest BCUT2D eigenvalue weighted by Crippen LogP contribution is -2.39. The molecule has 0 amide bonds. The van der Waals surface area contributed by atoms with E-state index in [1.165, 1.54) is 0 Å². The molecule has 2 fully saturated rings. The molecular formula is C27H34ClN5O3. The average Bonchev–Trinajstić information content (AvgIpc) is 3.27. The number of anilines is 1. The number of aromatic nitrogens is 1. The van der Waals surface area contributed by atoms with Gasteiger partial charge in [-0.05, 0) is 74.3 Å². The Bertz CT molecular complexity index is 1080. The lowest BCUT2D eigenvalue weighted by molar-refractivity contribution is -0.138. The number of amidine groups is 1. The molecular weight excluding hydrogens is 478 g/mol. The van der Waals surface area contributed by atoms with Gasteiger partial charge in [-0.3, -0.25) is 4.79 Å². The molecule has 0 radical (unpaired) electrons. The first-order valence-corrected chi connectivity index (χ1v) is 13.2. The minimum atomic E-state index is -0.685. The summed E-state index contributed by atoms with van der Waals surface area (Å²) in [5.74, 6) is 1.40. The second-order valence-corrected chi connectivity index (χ2v) is 10.5. The summed E-state index contributed by atoms with van der Waals surface area (Å²) in [6.07, 6.45) is 8.44. The van der Waals surface area contributed by atoms with Gasteiger partial charge in [-0.15, -0.1) is 0 Å². The van der Waals surface area contributed by atoms with E-state index in [1.807, 2.05) is 42.5 Å². The molecule has 1 saturated heterocycles. The van der Waals surface area contributed by atoms with Gasteiger partial charge in [-0.1, -0.05) is 23.7 Å². The summed E-state index contributed by atoms with van der Waals surface area (Å²) in [6, 6.07) is 11.9. The Morgan fingerprint density at radius 3 is 2.53 bits per heavy atom. The second kappa shape index (κ2) is 11.2. The predicted octanol–water partition coefficient (Wildman–Crippen LogP) is 4.65. The van der Waals surface area contributed by atoms with Crippen molar-refractivity contribution in [2.24, 2.45) is 10.9 Å². The van der Waals surface area contributed by atoms with E-state index >= 15 is 0 Å². The molecule has 36 heavy (non-hydrogen) atoms.